The Balaban J connectivity index is 1.71. The van der Waals surface area contributed by atoms with Gasteiger partial charge in [-0.15, -0.1) is 0 Å². The first-order valence-electron chi connectivity index (χ1n) is 10.7. The van der Waals surface area contributed by atoms with Crippen LogP contribution in [0, 0.1) is 5.92 Å². The zero-order valence-electron chi connectivity index (χ0n) is 17.6. The third-order valence-electron chi connectivity index (χ3n) is 6.26. The first kappa shape index (κ1) is 20.9. The molecule has 2 atom stereocenters. The van der Waals surface area contributed by atoms with Crippen LogP contribution in [-0.2, 0) is 31.0 Å². The fraction of sp³-hybridized carbons (Fsp3) is 0.375. The highest BCUT2D eigenvalue weighted by atomic mass is 16.5. The van der Waals surface area contributed by atoms with Crippen molar-refractivity contribution in [3.8, 4) is 0 Å². The van der Waals surface area contributed by atoms with Gasteiger partial charge >= 0.3 is 5.97 Å². The van der Waals surface area contributed by atoms with Crippen molar-refractivity contribution in [3.63, 3.8) is 0 Å². The smallest absolute Gasteiger partial charge is 0.311 e. The number of nitrogens with zero attached hydrogens (tertiary/aromatic N) is 1. The predicted molar refractivity (Wildman–Crippen MR) is 118 cm³/mol. The molecular formula is C24H27N3O4. The number of carbonyl (C=O) groups is 3. The van der Waals surface area contributed by atoms with Gasteiger partial charge in [-0.3, -0.25) is 14.4 Å². The van der Waals surface area contributed by atoms with Gasteiger partial charge in [0.2, 0.25) is 11.8 Å². The minimum absolute atomic E-state index is 0.157. The molecule has 0 aliphatic carbocycles. The van der Waals surface area contributed by atoms with Crippen LogP contribution in [0.2, 0.25) is 0 Å². The third-order valence-corrected chi connectivity index (χ3v) is 6.26. The number of hydrogen-bond acceptors (Lipinski definition) is 5. The molecule has 0 spiro atoms. The Bertz CT molecular complexity index is 1010. The topological polar surface area (TPSA) is 102 Å². The van der Waals surface area contributed by atoms with E-state index < -0.39 is 29.1 Å². The zero-order chi connectivity index (χ0) is 22.0. The van der Waals surface area contributed by atoms with Gasteiger partial charge in [0.05, 0.1) is 12.5 Å². The first-order valence-corrected chi connectivity index (χ1v) is 10.7. The predicted octanol–water partition coefficient (Wildman–Crippen LogP) is 2.38. The molecule has 2 aromatic rings. The number of anilines is 2. The molecule has 1 saturated heterocycles. The average molecular weight is 421 g/mol. The van der Waals surface area contributed by atoms with Crippen molar-refractivity contribution < 1.29 is 19.1 Å². The Morgan fingerprint density at radius 3 is 2.65 bits per heavy atom. The monoisotopic (exact) mass is 421 g/mol. The van der Waals surface area contributed by atoms with E-state index in [0.717, 1.165) is 31.5 Å². The van der Waals surface area contributed by atoms with Crippen LogP contribution in [0.3, 0.4) is 0 Å². The Morgan fingerprint density at radius 1 is 1.23 bits per heavy atom. The maximum Gasteiger partial charge on any atom is 0.311 e. The second-order valence-corrected chi connectivity index (χ2v) is 8.08. The molecule has 4 rings (SSSR count). The van der Waals surface area contributed by atoms with Gasteiger partial charge in [-0.25, -0.2) is 0 Å². The Hall–Kier alpha value is -3.35. The maximum atomic E-state index is 13.6. The van der Waals surface area contributed by atoms with Gasteiger partial charge in [-0.2, -0.15) is 0 Å². The lowest BCUT2D eigenvalue weighted by Crippen LogP contribution is -2.56. The molecule has 1 fully saturated rings. The fourth-order valence-corrected chi connectivity index (χ4v) is 4.79. The molecule has 7 heteroatoms. The molecule has 1 unspecified atom stereocenters. The van der Waals surface area contributed by atoms with Crippen LogP contribution in [0.15, 0.2) is 48.5 Å². The summed E-state index contributed by atoms with van der Waals surface area (Å²) in [5.41, 5.74) is 7.27. The number of esters is 1. The van der Waals surface area contributed by atoms with Crippen molar-refractivity contribution in [2.24, 2.45) is 11.7 Å². The molecule has 162 valence electrons. The zero-order valence-corrected chi connectivity index (χ0v) is 17.6. The highest BCUT2D eigenvalue weighted by molar-refractivity contribution is 6.18. The van der Waals surface area contributed by atoms with Crippen LogP contribution < -0.4 is 16.0 Å². The largest absolute Gasteiger partial charge is 0.465 e. The van der Waals surface area contributed by atoms with E-state index in [0.29, 0.717) is 11.3 Å². The van der Waals surface area contributed by atoms with E-state index in [2.05, 4.69) is 17.1 Å². The summed E-state index contributed by atoms with van der Waals surface area (Å²) in [4.78, 5) is 41.3. The molecule has 0 bridgehead atoms. The van der Waals surface area contributed by atoms with Crippen molar-refractivity contribution in [2.45, 2.75) is 31.6 Å². The third kappa shape index (κ3) is 3.54. The van der Waals surface area contributed by atoms with E-state index in [-0.39, 0.29) is 13.0 Å². The number of hydrogen-bond donors (Lipinski definition) is 2. The van der Waals surface area contributed by atoms with Crippen molar-refractivity contribution in [1.29, 1.82) is 0 Å². The standard InChI is InChI=1S/C24H27N3O4/c1-2-12-27-13-10-16-15-18(8-9-20(16)27)26-23(30)24(22(25)29,17-6-4-3-5-7-17)19-11-14-31-21(19)28/h3-9,15,19H,2,10-14H2,1H3,(H2,25,29)(H,26,30)/t19-,24?/m1/s1. The van der Waals surface area contributed by atoms with Gasteiger partial charge in [0.25, 0.3) is 0 Å². The van der Waals surface area contributed by atoms with Gasteiger partial charge in [-0.1, -0.05) is 37.3 Å². The molecule has 2 heterocycles. The number of cyclic esters (lactones) is 1. The first-order chi connectivity index (χ1) is 15.0. The summed E-state index contributed by atoms with van der Waals surface area (Å²) in [6.45, 7) is 4.24. The van der Waals surface area contributed by atoms with E-state index >= 15 is 0 Å². The number of nitrogens with one attached hydrogen (secondary N) is 1. The molecule has 0 saturated carbocycles. The molecule has 7 nitrogen and oxygen atoms in total. The molecule has 0 radical (unpaired) electrons. The Labute approximate surface area is 181 Å². The molecule has 2 amide bonds. The highest BCUT2D eigenvalue weighted by Crippen LogP contribution is 2.40. The maximum absolute atomic E-state index is 13.6. The highest BCUT2D eigenvalue weighted by Gasteiger charge is 2.57. The van der Waals surface area contributed by atoms with Gasteiger partial charge < -0.3 is 20.7 Å². The van der Waals surface area contributed by atoms with Crippen LogP contribution in [0.25, 0.3) is 0 Å². The normalized spacial score (nSPS) is 19.5. The fourth-order valence-electron chi connectivity index (χ4n) is 4.79. The number of ether oxygens (including phenoxy) is 1. The lowest BCUT2D eigenvalue weighted by Gasteiger charge is -2.33. The molecule has 0 aromatic heterocycles. The summed E-state index contributed by atoms with van der Waals surface area (Å²) in [7, 11) is 0. The average Bonchev–Trinajstić information content (AvgIpc) is 3.36. The second-order valence-electron chi connectivity index (χ2n) is 8.08. The number of nitrogens with two attached hydrogens (primary N) is 1. The quantitative estimate of drug-likeness (QED) is 0.528. The Morgan fingerprint density at radius 2 is 2.00 bits per heavy atom. The summed E-state index contributed by atoms with van der Waals surface area (Å²) in [6.07, 6.45) is 2.21. The van der Waals surface area contributed by atoms with Crippen molar-refractivity contribution in [3.05, 3.63) is 59.7 Å². The lowest BCUT2D eigenvalue weighted by atomic mass is 9.68. The number of primary amides is 1. The van der Waals surface area contributed by atoms with Crippen molar-refractivity contribution in [1.82, 2.24) is 0 Å². The van der Waals surface area contributed by atoms with E-state index in [1.165, 1.54) is 5.69 Å². The number of carbonyl (C=O) groups excluding carboxylic acids is 3. The number of fused-ring (bicyclic) bond motifs is 1. The summed E-state index contributed by atoms with van der Waals surface area (Å²) in [6, 6.07) is 14.3. The van der Waals surface area contributed by atoms with E-state index in [4.69, 9.17) is 10.5 Å². The molecule has 2 aliphatic heterocycles. The van der Waals surface area contributed by atoms with Gasteiger partial charge in [0, 0.05) is 24.5 Å². The van der Waals surface area contributed by atoms with E-state index in [9.17, 15) is 14.4 Å². The molecule has 31 heavy (non-hydrogen) atoms. The van der Waals surface area contributed by atoms with Crippen LogP contribution >= 0.6 is 0 Å². The second kappa shape index (κ2) is 8.41. The summed E-state index contributed by atoms with van der Waals surface area (Å²) < 4.78 is 5.11. The summed E-state index contributed by atoms with van der Waals surface area (Å²) >= 11 is 0. The number of rotatable bonds is 7. The minimum atomic E-state index is -1.85. The summed E-state index contributed by atoms with van der Waals surface area (Å²) in [5, 5.41) is 2.87. The van der Waals surface area contributed by atoms with Gasteiger partial charge in [-0.05, 0) is 48.6 Å². The van der Waals surface area contributed by atoms with Gasteiger partial charge in [0.15, 0.2) is 5.41 Å². The molecule has 2 aliphatic rings. The molecular weight excluding hydrogens is 394 g/mol. The van der Waals surface area contributed by atoms with Crippen LogP contribution in [0.1, 0.15) is 30.9 Å². The molecule has 2 aromatic carbocycles. The van der Waals surface area contributed by atoms with E-state index in [1.54, 1.807) is 30.3 Å². The minimum Gasteiger partial charge on any atom is -0.465 e. The van der Waals surface area contributed by atoms with E-state index in [1.807, 2.05) is 18.2 Å². The van der Waals surface area contributed by atoms with Gasteiger partial charge in [0.1, 0.15) is 0 Å². The van der Waals surface area contributed by atoms with Crippen molar-refractivity contribution >= 4 is 29.2 Å². The number of benzene rings is 2. The lowest BCUT2D eigenvalue weighted by molar-refractivity contribution is -0.149. The SMILES string of the molecule is CCCN1CCc2cc(NC(=O)C(C(N)=O)(c3ccccc3)[C@@H]3CCOC3=O)ccc21. The van der Waals surface area contributed by atoms with Crippen LogP contribution in [0.4, 0.5) is 11.4 Å². The van der Waals surface area contributed by atoms with Crippen LogP contribution in [-0.4, -0.2) is 37.5 Å². The Kier molecular flexibility index (Phi) is 5.67. The molecule has 3 N–H and O–H groups in total. The summed E-state index contributed by atoms with van der Waals surface area (Å²) in [5.74, 6) is -3.03. The van der Waals surface area contributed by atoms with Crippen molar-refractivity contribution in [2.75, 3.05) is 29.9 Å². The van der Waals surface area contributed by atoms with Crippen LogP contribution in [0.5, 0.6) is 0 Å². The number of amides is 2.